The normalized spacial score (nSPS) is 12.8. The first kappa shape index (κ1) is 21.4. The van der Waals surface area contributed by atoms with Gasteiger partial charge in [-0.2, -0.15) is 0 Å². The highest BCUT2D eigenvalue weighted by molar-refractivity contribution is 5.75. The van der Waals surface area contributed by atoms with Gasteiger partial charge in [-0.15, -0.1) is 0 Å². The second kappa shape index (κ2) is 9.94. The van der Waals surface area contributed by atoms with E-state index in [1.54, 1.807) is 14.0 Å². The van der Waals surface area contributed by atoms with Crippen molar-refractivity contribution in [2.45, 2.75) is 25.0 Å². The summed E-state index contributed by atoms with van der Waals surface area (Å²) in [6, 6.07) is 26.6. The van der Waals surface area contributed by atoms with Crippen molar-refractivity contribution in [2.24, 2.45) is 0 Å². The highest BCUT2D eigenvalue weighted by Gasteiger charge is 2.23. The van der Waals surface area contributed by atoms with Crippen molar-refractivity contribution in [1.82, 2.24) is 10.6 Å². The van der Waals surface area contributed by atoms with Gasteiger partial charge in [-0.3, -0.25) is 0 Å². The minimum atomic E-state index is -1.08. The van der Waals surface area contributed by atoms with Crippen LogP contribution in [0.2, 0.25) is 0 Å². The second-order valence-corrected chi connectivity index (χ2v) is 7.60. The molecule has 1 atom stereocenters. The smallest absolute Gasteiger partial charge is 0.315 e. The van der Waals surface area contributed by atoms with Crippen molar-refractivity contribution in [3.05, 3.63) is 102 Å². The monoisotopic (exact) mass is 404 g/mol. The lowest BCUT2D eigenvalue weighted by Gasteiger charge is -2.25. The Morgan fingerprint density at radius 1 is 0.933 bits per heavy atom. The van der Waals surface area contributed by atoms with Crippen molar-refractivity contribution < 1.29 is 14.6 Å². The number of carbonyl (C=O) groups is 1. The van der Waals surface area contributed by atoms with E-state index in [9.17, 15) is 9.90 Å². The number of aliphatic hydroxyl groups is 1. The first-order chi connectivity index (χ1) is 14.5. The Bertz CT molecular complexity index is 886. The summed E-state index contributed by atoms with van der Waals surface area (Å²) in [5.41, 5.74) is 1.86. The summed E-state index contributed by atoms with van der Waals surface area (Å²) in [4.78, 5) is 12.6. The van der Waals surface area contributed by atoms with Crippen molar-refractivity contribution >= 4 is 6.03 Å². The Kier molecular flexibility index (Phi) is 7.09. The number of hydrogen-bond donors (Lipinski definition) is 3. The van der Waals surface area contributed by atoms with Crippen LogP contribution in [0.1, 0.15) is 29.7 Å². The fraction of sp³-hybridized carbons (Fsp3) is 0.240. The van der Waals surface area contributed by atoms with E-state index in [2.05, 4.69) is 10.6 Å². The summed E-state index contributed by atoms with van der Waals surface area (Å²) >= 11 is 0. The molecule has 3 aromatic rings. The standard InChI is InChI=1S/C25H28N2O3/c1-25(29,17-19-13-15-22(30-2)16-14-19)18-26-24(28)27-23(20-9-5-3-6-10-20)21-11-7-4-8-12-21/h3-16,23,29H,17-18H2,1-2H3,(H2,26,27,28). The van der Waals surface area contributed by atoms with Gasteiger partial charge in [0.2, 0.25) is 0 Å². The van der Waals surface area contributed by atoms with E-state index in [-0.39, 0.29) is 18.6 Å². The lowest BCUT2D eigenvalue weighted by molar-refractivity contribution is 0.0623. The summed E-state index contributed by atoms with van der Waals surface area (Å²) < 4.78 is 5.16. The van der Waals surface area contributed by atoms with E-state index in [1.807, 2.05) is 84.9 Å². The maximum Gasteiger partial charge on any atom is 0.315 e. The molecule has 0 aliphatic carbocycles. The van der Waals surface area contributed by atoms with Gasteiger partial charge < -0.3 is 20.5 Å². The maximum atomic E-state index is 12.6. The van der Waals surface area contributed by atoms with Crippen LogP contribution in [0.15, 0.2) is 84.9 Å². The van der Waals surface area contributed by atoms with Crippen LogP contribution in [0.5, 0.6) is 5.75 Å². The van der Waals surface area contributed by atoms with Crippen LogP contribution >= 0.6 is 0 Å². The van der Waals surface area contributed by atoms with Crippen LogP contribution in [-0.4, -0.2) is 30.4 Å². The fourth-order valence-electron chi connectivity index (χ4n) is 3.35. The van der Waals surface area contributed by atoms with Crippen LogP contribution < -0.4 is 15.4 Å². The number of hydrogen-bond acceptors (Lipinski definition) is 3. The predicted molar refractivity (Wildman–Crippen MR) is 119 cm³/mol. The molecule has 3 rings (SSSR count). The summed E-state index contributed by atoms with van der Waals surface area (Å²) in [7, 11) is 1.62. The number of methoxy groups -OCH3 is 1. The van der Waals surface area contributed by atoms with Gasteiger partial charge >= 0.3 is 6.03 Å². The largest absolute Gasteiger partial charge is 0.497 e. The molecule has 0 fully saturated rings. The Morgan fingerprint density at radius 3 is 1.97 bits per heavy atom. The number of amides is 2. The Labute approximate surface area is 177 Å². The zero-order valence-electron chi connectivity index (χ0n) is 17.3. The lowest BCUT2D eigenvalue weighted by atomic mass is 9.96. The topological polar surface area (TPSA) is 70.6 Å². The number of rotatable bonds is 8. The third kappa shape index (κ3) is 6.09. The van der Waals surface area contributed by atoms with Gasteiger partial charge in [0.25, 0.3) is 0 Å². The summed E-state index contributed by atoms with van der Waals surface area (Å²) in [6.07, 6.45) is 0.415. The highest BCUT2D eigenvalue weighted by Crippen LogP contribution is 2.22. The molecule has 0 aliphatic heterocycles. The molecule has 2 amide bonds. The van der Waals surface area contributed by atoms with Crippen molar-refractivity contribution in [2.75, 3.05) is 13.7 Å². The second-order valence-electron chi connectivity index (χ2n) is 7.60. The average molecular weight is 405 g/mol. The van der Waals surface area contributed by atoms with E-state index in [0.29, 0.717) is 6.42 Å². The fourth-order valence-corrected chi connectivity index (χ4v) is 3.35. The first-order valence-corrected chi connectivity index (χ1v) is 9.96. The molecule has 156 valence electrons. The number of benzene rings is 3. The van der Waals surface area contributed by atoms with E-state index in [4.69, 9.17) is 4.74 Å². The predicted octanol–water partition coefficient (Wildman–Crippen LogP) is 4.08. The number of nitrogens with one attached hydrogen (secondary N) is 2. The number of ether oxygens (including phenoxy) is 1. The Morgan fingerprint density at radius 2 is 1.47 bits per heavy atom. The minimum absolute atomic E-state index is 0.126. The highest BCUT2D eigenvalue weighted by atomic mass is 16.5. The molecule has 0 saturated carbocycles. The summed E-state index contributed by atoms with van der Waals surface area (Å²) in [6.45, 7) is 1.84. The average Bonchev–Trinajstić information content (AvgIpc) is 2.77. The molecule has 0 bridgehead atoms. The van der Waals surface area contributed by atoms with Gasteiger partial charge in [-0.25, -0.2) is 4.79 Å². The zero-order chi connectivity index (χ0) is 21.4. The third-order valence-corrected chi connectivity index (χ3v) is 4.92. The summed E-state index contributed by atoms with van der Waals surface area (Å²) in [5, 5.41) is 16.6. The summed E-state index contributed by atoms with van der Waals surface area (Å²) in [5.74, 6) is 0.767. The van der Waals surface area contributed by atoms with E-state index < -0.39 is 5.60 Å². The van der Waals surface area contributed by atoms with Gasteiger partial charge in [0.1, 0.15) is 5.75 Å². The molecule has 5 heteroatoms. The molecule has 5 nitrogen and oxygen atoms in total. The number of carbonyl (C=O) groups excluding carboxylic acids is 1. The van der Waals surface area contributed by atoms with Crippen LogP contribution in [0, 0.1) is 0 Å². The zero-order valence-corrected chi connectivity index (χ0v) is 17.3. The van der Waals surface area contributed by atoms with Crippen molar-refractivity contribution in [3.8, 4) is 5.75 Å². The Balaban J connectivity index is 1.62. The molecular formula is C25H28N2O3. The van der Waals surface area contributed by atoms with E-state index in [0.717, 1.165) is 22.4 Å². The van der Waals surface area contributed by atoms with Crippen LogP contribution in [0.25, 0.3) is 0 Å². The molecule has 1 unspecified atom stereocenters. The first-order valence-electron chi connectivity index (χ1n) is 9.96. The quantitative estimate of drug-likeness (QED) is 0.530. The molecular weight excluding hydrogens is 376 g/mol. The SMILES string of the molecule is COc1ccc(CC(C)(O)CNC(=O)NC(c2ccccc2)c2ccccc2)cc1. The molecule has 0 spiro atoms. The van der Waals surface area contributed by atoms with Crippen LogP contribution in [-0.2, 0) is 6.42 Å². The van der Waals surface area contributed by atoms with Crippen LogP contribution in [0.3, 0.4) is 0 Å². The number of urea groups is 1. The molecule has 0 saturated heterocycles. The Hall–Kier alpha value is -3.31. The van der Waals surface area contributed by atoms with Crippen molar-refractivity contribution in [3.63, 3.8) is 0 Å². The van der Waals surface area contributed by atoms with E-state index in [1.165, 1.54) is 0 Å². The third-order valence-electron chi connectivity index (χ3n) is 4.92. The van der Waals surface area contributed by atoms with Gasteiger partial charge in [0.15, 0.2) is 0 Å². The molecule has 3 N–H and O–H groups in total. The maximum absolute atomic E-state index is 12.6. The molecule has 0 heterocycles. The van der Waals surface area contributed by atoms with E-state index >= 15 is 0 Å². The van der Waals surface area contributed by atoms with Gasteiger partial charge in [-0.05, 0) is 35.7 Å². The molecule has 3 aromatic carbocycles. The minimum Gasteiger partial charge on any atom is -0.497 e. The van der Waals surface area contributed by atoms with Gasteiger partial charge in [0.05, 0.1) is 18.8 Å². The van der Waals surface area contributed by atoms with Gasteiger partial charge in [-0.1, -0.05) is 72.8 Å². The molecule has 0 aliphatic rings. The van der Waals surface area contributed by atoms with Crippen molar-refractivity contribution in [1.29, 1.82) is 0 Å². The lowest BCUT2D eigenvalue weighted by Crippen LogP contribution is -2.46. The van der Waals surface area contributed by atoms with Gasteiger partial charge in [0, 0.05) is 13.0 Å². The molecule has 0 aromatic heterocycles. The van der Waals surface area contributed by atoms with Crippen LogP contribution in [0.4, 0.5) is 4.79 Å². The molecule has 30 heavy (non-hydrogen) atoms. The molecule has 0 radical (unpaired) electrons.